The minimum atomic E-state index is -0.439. The van der Waals surface area contributed by atoms with Crippen LogP contribution in [0.5, 0.6) is 0 Å². The van der Waals surface area contributed by atoms with Crippen LogP contribution in [0.2, 0.25) is 5.02 Å². The molecule has 0 spiro atoms. The molecule has 0 fully saturated rings. The molecule has 0 saturated heterocycles. The molecule has 1 heterocycles. The summed E-state index contributed by atoms with van der Waals surface area (Å²) in [6.45, 7) is 0.733. The number of hydrogen-bond acceptors (Lipinski definition) is 3. The first-order chi connectivity index (χ1) is 14.6. The largest absolute Gasteiger partial charge is 0.390 e. The molecule has 4 nitrogen and oxygen atoms in total. The van der Waals surface area contributed by atoms with E-state index >= 15 is 0 Å². The molecule has 4 rings (SSSR count). The summed E-state index contributed by atoms with van der Waals surface area (Å²) in [6.07, 6.45) is 0.292. The van der Waals surface area contributed by atoms with Crippen molar-refractivity contribution in [1.29, 1.82) is 0 Å². The number of nitrogens with zero attached hydrogens (tertiary/aromatic N) is 2. The van der Waals surface area contributed by atoms with Gasteiger partial charge in [-0.25, -0.2) is 4.39 Å². The van der Waals surface area contributed by atoms with Crippen molar-refractivity contribution in [3.63, 3.8) is 0 Å². The second kappa shape index (κ2) is 9.09. The Kier molecular flexibility index (Phi) is 6.10. The van der Waals surface area contributed by atoms with Crippen LogP contribution in [0.4, 0.5) is 4.39 Å². The maximum absolute atomic E-state index is 13.7. The van der Waals surface area contributed by atoms with Gasteiger partial charge in [-0.1, -0.05) is 65.3 Å². The number of rotatable bonds is 6. The van der Waals surface area contributed by atoms with Gasteiger partial charge in [-0.3, -0.25) is 4.79 Å². The first kappa shape index (κ1) is 20.1. The van der Waals surface area contributed by atoms with E-state index in [0.717, 1.165) is 16.8 Å². The molecule has 0 unspecified atom stereocenters. The van der Waals surface area contributed by atoms with Crippen LogP contribution in [-0.2, 0) is 11.4 Å². The third-order valence-corrected chi connectivity index (χ3v) is 5.16. The predicted molar refractivity (Wildman–Crippen MR) is 115 cm³/mol. The van der Waals surface area contributed by atoms with Gasteiger partial charge in [-0.15, -0.1) is 0 Å². The Morgan fingerprint density at radius 1 is 1.07 bits per heavy atom. The summed E-state index contributed by atoms with van der Waals surface area (Å²) in [7, 11) is 0. The Bertz CT molecular complexity index is 1050. The first-order valence-electron chi connectivity index (χ1n) is 9.66. The molecule has 30 heavy (non-hydrogen) atoms. The second-order valence-electron chi connectivity index (χ2n) is 7.16. The van der Waals surface area contributed by atoms with Crippen LogP contribution in [0.1, 0.15) is 27.9 Å². The van der Waals surface area contributed by atoms with Gasteiger partial charge in [-0.2, -0.15) is 0 Å². The maximum Gasteiger partial charge on any atom is 0.254 e. The molecular formula is C24H20ClFN2O2. The van der Waals surface area contributed by atoms with Crippen LogP contribution in [0.15, 0.2) is 84.0 Å². The summed E-state index contributed by atoms with van der Waals surface area (Å²) in [4.78, 5) is 20.4. The van der Waals surface area contributed by atoms with E-state index in [0.29, 0.717) is 30.1 Å². The summed E-state index contributed by atoms with van der Waals surface area (Å²) in [5.41, 5.74) is 3.05. The van der Waals surface area contributed by atoms with Crippen molar-refractivity contribution in [2.45, 2.75) is 19.1 Å². The van der Waals surface area contributed by atoms with Gasteiger partial charge in [-0.05, 0) is 41.5 Å². The summed E-state index contributed by atoms with van der Waals surface area (Å²) < 4.78 is 13.7. The molecule has 0 N–H and O–H groups in total. The Labute approximate surface area is 179 Å². The maximum atomic E-state index is 13.7. The Hall–Kier alpha value is -3.18. The van der Waals surface area contributed by atoms with E-state index < -0.39 is 5.82 Å². The highest BCUT2D eigenvalue weighted by Gasteiger charge is 2.27. The molecule has 1 amide bonds. The molecule has 0 radical (unpaired) electrons. The molecule has 1 atom stereocenters. The quantitative estimate of drug-likeness (QED) is 0.540. The van der Waals surface area contributed by atoms with Gasteiger partial charge < -0.3 is 9.74 Å². The Morgan fingerprint density at radius 3 is 2.57 bits per heavy atom. The van der Waals surface area contributed by atoms with Gasteiger partial charge in [0.25, 0.3) is 5.91 Å². The lowest BCUT2D eigenvalue weighted by atomic mass is 10.0. The number of oxime groups is 1. The van der Waals surface area contributed by atoms with E-state index in [1.807, 2.05) is 54.6 Å². The highest BCUT2D eigenvalue weighted by atomic mass is 35.5. The van der Waals surface area contributed by atoms with Gasteiger partial charge >= 0.3 is 0 Å². The van der Waals surface area contributed by atoms with E-state index in [1.165, 1.54) is 18.2 Å². The van der Waals surface area contributed by atoms with Gasteiger partial charge in [0.15, 0.2) is 6.10 Å². The summed E-state index contributed by atoms with van der Waals surface area (Å²) in [5.74, 6) is -0.687. The highest BCUT2D eigenvalue weighted by molar-refractivity contribution is 6.30. The van der Waals surface area contributed by atoms with Crippen LogP contribution >= 0.6 is 11.6 Å². The third-order valence-electron chi connectivity index (χ3n) is 4.91. The molecule has 1 aliphatic heterocycles. The third kappa shape index (κ3) is 4.86. The van der Waals surface area contributed by atoms with Crippen molar-refractivity contribution in [3.05, 3.63) is 106 Å². The van der Waals surface area contributed by atoms with Crippen molar-refractivity contribution >= 4 is 23.2 Å². The Morgan fingerprint density at radius 2 is 1.83 bits per heavy atom. The number of amides is 1. The van der Waals surface area contributed by atoms with E-state index in [4.69, 9.17) is 16.4 Å². The molecule has 0 bridgehead atoms. The average molecular weight is 423 g/mol. The molecule has 0 aromatic heterocycles. The van der Waals surface area contributed by atoms with Gasteiger partial charge in [0.1, 0.15) is 5.82 Å². The average Bonchev–Trinajstić information content (AvgIpc) is 3.22. The molecule has 0 saturated carbocycles. The lowest BCUT2D eigenvalue weighted by Crippen LogP contribution is -2.37. The zero-order valence-electron chi connectivity index (χ0n) is 16.2. The van der Waals surface area contributed by atoms with Crippen molar-refractivity contribution in [1.82, 2.24) is 4.90 Å². The van der Waals surface area contributed by atoms with E-state index in [1.54, 1.807) is 11.0 Å². The second-order valence-corrected chi connectivity index (χ2v) is 7.59. The standard InChI is InChI=1S/C24H20ClFN2O2/c25-20-11-9-18(10-12-20)23-14-22(30-27-23)16-28(15-17-5-2-1-3-6-17)24(29)19-7-4-8-21(26)13-19/h1-13,22H,14-16H2/t22-/m1/s1. The minimum Gasteiger partial charge on any atom is -0.390 e. The number of hydrogen-bond donors (Lipinski definition) is 0. The fourth-order valence-electron chi connectivity index (χ4n) is 3.41. The van der Waals surface area contributed by atoms with Crippen LogP contribution in [0.25, 0.3) is 0 Å². The zero-order chi connectivity index (χ0) is 20.9. The summed E-state index contributed by atoms with van der Waals surface area (Å²) >= 11 is 5.96. The molecule has 6 heteroatoms. The van der Waals surface area contributed by atoms with Crippen LogP contribution in [0.3, 0.4) is 0 Å². The molecule has 3 aromatic carbocycles. The number of carbonyl (C=O) groups excluding carboxylic acids is 1. The fourth-order valence-corrected chi connectivity index (χ4v) is 3.54. The van der Waals surface area contributed by atoms with E-state index in [9.17, 15) is 9.18 Å². The molecule has 3 aromatic rings. The summed E-state index contributed by atoms with van der Waals surface area (Å²) in [5, 5.41) is 4.86. The zero-order valence-corrected chi connectivity index (χ0v) is 16.9. The van der Waals surface area contributed by atoms with Gasteiger partial charge in [0, 0.05) is 23.6 Å². The smallest absolute Gasteiger partial charge is 0.254 e. The normalized spacial score (nSPS) is 15.4. The number of halogens is 2. The fraction of sp³-hybridized carbons (Fsp3) is 0.167. The van der Waals surface area contributed by atoms with Crippen LogP contribution < -0.4 is 0 Å². The molecule has 0 aliphatic carbocycles. The first-order valence-corrected chi connectivity index (χ1v) is 10.0. The summed E-state index contributed by atoms with van der Waals surface area (Å²) in [6, 6.07) is 22.8. The van der Waals surface area contributed by atoms with Crippen LogP contribution in [-0.4, -0.2) is 29.2 Å². The Balaban J connectivity index is 1.50. The van der Waals surface area contributed by atoms with Crippen molar-refractivity contribution < 1.29 is 14.0 Å². The number of benzene rings is 3. The van der Waals surface area contributed by atoms with E-state index in [2.05, 4.69) is 5.16 Å². The molecule has 1 aliphatic rings. The van der Waals surface area contributed by atoms with E-state index in [-0.39, 0.29) is 12.0 Å². The van der Waals surface area contributed by atoms with Crippen LogP contribution in [0, 0.1) is 5.82 Å². The monoisotopic (exact) mass is 422 g/mol. The number of carbonyl (C=O) groups is 1. The van der Waals surface area contributed by atoms with Crippen molar-refractivity contribution in [2.75, 3.05) is 6.54 Å². The predicted octanol–water partition coefficient (Wildman–Crippen LogP) is 5.31. The highest BCUT2D eigenvalue weighted by Crippen LogP contribution is 2.21. The van der Waals surface area contributed by atoms with Gasteiger partial charge in [0.2, 0.25) is 0 Å². The molecular weight excluding hydrogens is 403 g/mol. The molecule has 152 valence electrons. The van der Waals surface area contributed by atoms with Crippen molar-refractivity contribution in [3.8, 4) is 0 Å². The lowest BCUT2D eigenvalue weighted by Gasteiger charge is -2.25. The topological polar surface area (TPSA) is 41.9 Å². The lowest BCUT2D eigenvalue weighted by molar-refractivity contribution is 0.0405. The van der Waals surface area contributed by atoms with Crippen molar-refractivity contribution in [2.24, 2.45) is 5.16 Å². The van der Waals surface area contributed by atoms with Gasteiger partial charge in [0.05, 0.1) is 12.3 Å². The SMILES string of the molecule is O=C(c1cccc(F)c1)N(Cc1ccccc1)C[C@H]1CC(c2ccc(Cl)cc2)=NO1. The minimum absolute atomic E-state index is 0.248.